The van der Waals surface area contributed by atoms with E-state index in [0.29, 0.717) is 29.1 Å². The van der Waals surface area contributed by atoms with Crippen molar-refractivity contribution in [2.24, 2.45) is 5.73 Å². The van der Waals surface area contributed by atoms with Crippen molar-refractivity contribution >= 4 is 37.2 Å². The molecule has 6 rings (SSSR count). The molecule has 3 N–H and O–H groups in total. The molecule has 163 valence electrons. The first-order valence-electron chi connectivity index (χ1n) is 11.3. The van der Waals surface area contributed by atoms with E-state index in [1.807, 2.05) is 6.07 Å². The molecule has 0 spiro atoms. The Kier molecular flexibility index (Phi) is 4.27. The van der Waals surface area contributed by atoms with Crippen LogP contribution < -0.4 is 16.8 Å². The van der Waals surface area contributed by atoms with E-state index in [4.69, 9.17) is 23.2 Å². The molecule has 0 bridgehead atoms. The molecule has 2 aromatic heterocycles. The number of rotatable bonds is 2. The minimum absolute atomic E-state index is 0.105. The van der Waals surface area contributed by atoms with Crippen LogP contribution in [0.5, 0.6) is 0 Å². The number of hydrogen-bond acceptors (Lipinski definition) is 6. The fraction of sp³-hybridized carbons (Fsp3) is 0.375. The highest BCUT2D eigenvalue weighted by Gasteiger charge is 2.45. The van der Waals surface area contributed by atoms with Crippen LogP contribution >= 0.6 is 0 Å². The van der Waals surface area contributed by atoms with Gasteiger partial charge in [0.25, 0.3) is 5.56 Å². The number of benzene rings is 1. The molecular weight excluding hydrogens is 416 g/mol. The quantitative estimate of drug-likeness (QED) is 0.354. The summed E-state index contributed by atoms with van der Waals surface area (Å²) >= 11 is 0. The average molecular weight is 438 g/mol. The molecule has 0 fully saturated rings. The highest BCUT2D eigenvalue weighted by atomic mass is 16.6. The number of ether oxygens (including phenoxy) is 1. The van der Waals surface area contributed by atoms with Gasteiger partial charge in [0.05, 0.1) is 36.2 Å². The number of hydrogen-bond donors (Lipinski definition) is 2. The molecule has 3 radical (unpaired) electrons. The second kappa shape index (κ2) is 6.81. The molecule has 33 heavy (non-hydrogen) atoms. The van der Waals surface area contributed by atoms with Gasteiger partial charge in [-0.25, -0.2) is 9.78 Å². The van der Waals surface area contributed by atoms with Crippen LogP contribution in [0.2, 0.25) is 0 Å². The Hall–Kier alpha value is -2.90. The smallest absolute Gasteiger partial charge is 0.343 e. The van der Waals surface area contributed by atoms with Crippen molar-refractivity contribution in [3.05, 3.63) is 55.9 Å². The largest absolute Gasteiger partial charge is 0.458 e. The Bertz CT molecular complexity index is 1470. The number of carbonyl (C=O) groups excluding carboxylic acids is 1. The highest BCUT2D eigenvalue weighted by Crippen LogP contribution is 2.44. The molecule has 1 aliphatic carbocycles. The number of aryl methyl sites for hydroxylation is 1. The van der Waals surface area contributed by atoms with Gasteiger partial charge in [0.1, 0.15) is 6.61 Å². The SMILES string of the molecule is [B][B]c1cc2nc3c(c4c2c(c1C)CCC4N)Cn1c-3cc2c(c1=O)COC(=O)C2(O)CC. The molecule has 9 heteroatoms. The van der Waals surface area contributed by atoms with Gasteiger partial charge < -0.3 is 20.1 Å². The number of esters is 1. The van der Waals surface area contributed by atoms with Crippen molar-refractivity contribution in [3.63, 3.8) is 0 Å². The molecule has 4 heterocycles. The first-order chi connectivity index (χ1) is 15.8. The van der Waals surface area contributed by atoms with Crippen molar-refractivity contribution < 1.29 is 14.6 Å². The summed E-state index contributed by atoms with van der Waals surface area (Å²) in [6, 6.07) is 3.54. The number of aromatic nitrogens is 2. The lowest BCUT2D eigenvalue weighted by atomic mass is 9.50. The Morgan fingerprint density at radius 1 is 1.33 bits per heavy atom. The zero-order chi connectivity index (χ0) is 23.2. The number of pyridine rings is 2. The van der Waals surface area contributed by atoms with Crippen LogP contribution in [-0.4, -0.2) is 35.5 Å². The molecule has 1 aromatic carbocycles. The van der Waals surface area contributed by atoms with E-state index >= 15 is 0 Å². The molecule has 2 atom stereocenters. The van der Waals surface area contributed by atoms with Crippen LogP contribution in [0.4, 0.5) is 0 Å². The summed E-state index contributed by atoms with van der Waals surface area (Å²) in [5, 5.41) is 12.1. The third-order valence-electron chi connectivity index (χ3n) is 7.71. The number of nitrogens with zero attached hydrogens (tertiary/aromatic N) is 2. The third-order valence-corrected chi connectivity index (χ3v) is 7.71. The minimum Gasteiger partial charge on any atom is -0.458 e. The van der Waals surface area contributed by atoms with Crippen molar-refractivity contribution in [2.75, 3.05) is 0 Å². The van der Waals surface area contributed by atoms with E-state index in [2.05, 4.69) is 6.92 Å². The number of nitrogens with two attached hydrogens (primary N) is 1. The molecule has 3 aromatic rings. The molecule has 7 nitrogen and oxygen atoms in total. The molecule has 2 aliphatic heterocycles. The number of fused-ring (bicyclic) bond motifs is 5. The van der Waals surface area contributed by atoms with Crippen LogP contribution in [0.15, 0.2) is 16.9 Å². The van der Waals surface area contributed by atoms with Crippen molar-refractivity contribution in [1.82, 2.24) is 9.55 Å². The summed E-state index contributed by atoms with van der Waals surface area (Å²) in [6.45, 7) is 3.97. The topological polar surface area (TPSA) is 107 Å². The standard InChI is InChI=1S/C24H22B2N3O4/c1-3-24(32)14-6-18-21-12(8-29(18)22(30)13(14)9-33-23(24)31)19-16(27)5-4-11-10(2)15(26-25)7-17(28-21)20(11)19/h6-7,16,32H,3-5,8-9,27H2,1-2H3. The Balaban J connectivity index is 1.70. The van der Waals surface area contributed by atoms with Gasteiger partial charge in [-0.2, -0.15) is 0 Å². The lowest BCUT2D eigenvalue weighted by Gasteiger charge is -2.31. The van der Waals surface area contributed by atoms with Crippen molar-refractivity contribution in [3.8, 4) is 11.4 Å². The van der Waals surface area contributed by atoms with Gasteiger partial charge in [0.15, 0.2) is 5.60 Å². The van der Waals surface area contributed by atoms with Crippen LogP contribution in [0, 0.1) is 6.92 Å². The molecule has 0 saturated carbocycles. The zero-order valence-electron chi connectivity index (χ0n) is 18.6. The van der Waals surface area contributed by atoms with E-state index in [1.54, 1.807) is 24.7 Å². The maximum Gasteiger partial charge on any atom is 0.343 e. The molecule has 3 aliphatic rings. The lowest BCUT2D eigenvalue weighted by molar-refractivity contribution is -0.172. The van der Waals surface area contributed by atoms with E-state index < -0.39 is 11.6 Å². The summed E-state index contributed by atoms with van der Waals surface area (Å²) in [5.41, 5.74) is 12.4. The maximum atomic E-state index is 13.5. The third kappa shape index (κ3) is 2.52. The maximum absolute atomic E-state index is 13.5. The monoisotopic (exact) mass is 438 g/mol. The van der Waals surface area contributed by atoms with E-state index in [1.165, 1.54) is 5.56 Å². The van der Waals surface area contributed by atoms with E-state index in [0.717, 1.165) is 45.9 Å². The Morgan fingerprint density at radius 2 is 2.12 bits per heavy atom. The average Bonchev–Trinajstić information content (AvgIpc) is 3.18. The molecule has 2 unspecified atom stereocenters. The fourth-order valence-electron chi connectivity index (χ4n) is 5.82. The van der Waals surface area contributed by atoms with Crippen LogP contribution in [-0.2, 0) is 34.7 Å². The van der Waals surface area contributed by atoms with Crippen LogP contribution in [0.25, 0.3) is 22.3 Å². The first-order valence-corrected chi connectivity index (χ1v) is 11.3. The summed E-state index contributed by atoms with van der Waals surface area (Å²) in [7, 11) is 7.49. The summed E-state index contributed by atoms with van der Waals surface area (Å²) in [5.74, 6) is -0.730. The predicted molar refractivity (Wildman–Crippen MR) is 126 cm³/mol. The normalized spacial score (nSPS) is 22.5. The second-order valence-corrected chi connectivity index (χ2v) is 9.23. The fourth-order valence-corrected chi connectivity index (χ4v) is 5.82. The van der Waals surface area contributed by atoms with E-state index in [-0.39, 0.29) is 24.6 Å². The number of aliphatic hydroxyl groups is 1. The summed E-state index contributed by atoms with van der Waals surface area (Å²) < 4.78 is 6.82. The predicted octanol–water partition coefficient (Wildman–Crippen LogP) is 0.747. The molecular formula is C24H22B2N3O4. The Morgan fingerprint density at radius 3 is 2.85 bits per heavy atom. The minimum atomic E-state index is -1.85. The van der Waals surface area contributed by atoms with Gasteiger partial charge in [-0.1, -0.05) is 17.9 Å². The van der Waals surface area contributed by atoms with Gasteiger partial charge in [-0.05, 0) is 49.4 Å². The lowest BCUT2D eigenvalue weighted by Crippen LogP contribution is -2.44. The van der Waals surface area contributed by atoms with Crippen LogP contribution in [0.3, 0.4) is 0 Å². The van der Waals surface area contributed by atoms with Gasteiger partial charge in [-0.15, -0.1) is 0 Å². The summed E-state index contributed by atoms with van der Waals surface area (Å²) in [4.78, 5) is 30.9. The van der Waals surface area contributed by atoms with Gasteiger partial charge in [-0.3, -0.25) is 4.79 Å². The number of cyclic esters (lactones) is 1. The Labute approximate surface area is 192 Å². The van der Waals surface area contributed by atoms with Crippen molar-refractivity contribution in [1.29, 1.82) is 0 Å². The number of carbonyl (C=O) groups is 1. The first kappa shape index (κ1) is 20.7. The molecule has 0 saturated heterocycles. The van der Waals surface area contributed by atoms with Gasteiger partial charge >= 0.3 is 5.97 Å². The van der Waals surface area contributed by atoms with Crippen LogP contribution in [0.1, 0.15) is 59.2 Å². The molecule has 0 amide bonds. The van der Waals surface area contributed by atoms with Gasteiger partial charge in [0, 0.05) is 30.3 Å². The zero-order valence-corrected chi connectivity index (χ0v) is 18.6. The van der Waals surface area contributed by atoms with Crippen molar-refractivity contribution in [2.45, 2.75) is 57.9 Å². The summed E-state index contributed by atoms with van der Waals surface area (Å²) in [6.07, 6.45) is 1.75. The second-order valence-electron chi connectivity index (χ2n) is 9.23. The van der Waals surface area contributed by atoms with E-state index in [9.17, 15) is 14.7 Å². The van der Waals surface area contributed by atoms with Gasteiger partial charge in [0.2, 0.25) is 0 Å². The highest BCUT2D eigenvalue weighted by molar-refractivity contribution is 6.97.